The molecule has 0 saturated heterocycles. The smallest absolute Gasteiger partial charge is 0.338 e. The zero-order valence-corrected chi connectivity index (χ0v) is 22.8. The van der Waals surface area contributed by atoms with E-state index in [2.05, 4.69) is 4.99 Å². The molecule has 0 radical (unpaired) electrons. The fourth-order valence-electron chi connectivity index (χ4n) is 4.51. The van der Waals surface area contributed by atoms with Gasteiger partial charge >= 0.3 is 11.9 Å². The third kappa shape index (κ3) is 4.86. The van der Waals surface area contributed by atoms with Crippen molar-refractivity contribution in [3.63, 3.8) is 0 Å². The second-order valence-corrected chi connectivity index (χ2v) is 10.3. The Morgan fingerprint density at radius 1 is 1.18 bits per heavy atom. The van der Waals surface area contributed by atoms with Crippen molar-refractivity contribution in [1.82, 2.24) is 4.57 Å². The summed E-state index contributed by atoms with van der Waals surface area (Å²) in [6, 6.07) is 14.5. The van der Waals surface area contributed by atoms with Crippen molar-refractivity contribution in [2.75, 3.05) is 6.61 Å². The van der Waals surface area contributed by atoms with Gasteiger partial charge in [-0.3, -0.25) is 9.36 Å². The van der Waals surface area contributed by atoms with Crippen molar-refractivity contribution in [3.8, 4) is 11.3 Å². The monoisotopic (exact) mass is 562 g/mol. The van der Waals surface area contributed by atoms with Gasteiger partial charge in [-0.1, -0.05) is 47.2 Å². The van der Waals surface area contributed by atoms with Gasteiger partial charge < -0.3 is 14.3 Å². The number of carbonyl (C=O) groups excluding carboxylic acids is 1. The number of esters is 1. The minimum absolute atomic E-state index is 0.147. The first-order valence-corrected chi connectivity index (χ1v) is 13.3. The molecule has 5 rings (SSSR count). The van der Waals surface area contributed by atoms with E-state index in [4.69, 9.17) is 20.8 Å². The molecule has 8 nitrogen and oxygen atoms in total. The van der Waals surface area contributed by atoms with Gasteiger partial charge in [0.15, 0.2) is 4.80 Å². The molecule has 1 atom stereocenters. The maximum absolute atomic E-state index is 13.8. The first-order chi connectivity index (χ1) is 18.7. The van der Waals surface area contributed by atoms with Crippen LogP contribution in [0.5, 0.6) is 0 Å². The average Bonchev–Trinajstić information content (AvgIpc) is 3.48. The molecule has 2 aromatic heterocycles. The topological polar surface area (TPSA) is 111 Å². The van der Waals surface area contributed by atoms with E-state index in [1.165, 1.54) is 22.0 Å². The van der Waals surface area contributed by atoms with E-state index in [0.717, 1.165) is 5.56 Å². The number of halogens is 1. The van der Waals surface area contributed by atoms with Crippen LogP contribution >= 0.6 is 22.9 Å². The number of rotatable bonds is 6. The summed E-state index contributed by atoms with van der Waals surface area (Å²) in [4.78, 5) is 43.2. The van der Waals surface area contributed by atoms with E-state index >= 15 is 0 Å². The zero-order chi connectivity index (χ0) is 27.8. The highest BCUT2D eigenvalue weighted by molar-refractivity contribution is 7.07. The van der Waals surface area contributed by atoms with Crippen molar-refractivity contribution < 1.29 is 23.8 Å². The highest BCUT2D eigenvalue weighted by atomic mass is 35.5. The number of benzene rings is 2. The van der Waals surface area contributed by atoms with Gasteiger partial charge in [0.2, 0.25) is 0 Å². The number of thiazole rings is 1. The first-order valence-electron chi connectivity index (χ1n) is 12.1. The number of ether oxygens (including phenoxy) is 1. The van der Waals surface area contributed by atoms with E-state index in [9.17, 15) is 19.5 Å². The molecule has 0 aliphatic carbocycles. The summed E-state index contributed by atoms with van der Waals surface area (Å²) in [7, 11) is 0. The number of furan rings is 1. The number of carboxylic acid groups (broad SMARTS) is 1. The molecule has 0 spiro atoms. The second-order valence-electron chi connectivity index (χ2n) is 8.86. The zero-order valence-electron chi connectivity index (χ0n) is 21.2. The predicted molar refractivity (Wildman–Crippen MR) is 148 cm³/mol. The number of hydrogen-bond donors (Lipinski definition) is 1. The first kappa shape index (κ1) is 26.4. The summed E-state index contributed by atoms with van der Waals surface area (Å²) in [5, 5.41) is 9.76. The maximum Gasteiger partial charge on any atom is 0.338 e. The number of carboxylic acids is 1. The summed E-state index contributed by atoms with van der Waals surface area (Å²) in [5.41, 5.74) is 2.55. The lowest BCUT2D eigenvalue weighted by Crippen LogP contribution is -2.40. The molecule has 1 unspecified atom stereocenters. The fraction of sp³-hybridized carbons (Fsp3) is 0.172. The molecule has 0 amide bonds. The maximum atomic E-state index is 13.8. The molecule has 1 aliphatic rings. The molecule has 0 fully saturated rings. The number of allylic oxidation sites excluding steroid dienone is 1. The molecular formula is C29H23ClN2O6S. The number of fused-ring (bicyclic) bond motifs is 1. The van der Waals surface area contributed by atoms with Gasteiger partial charge in [-0.15, -0.1) is 0 Å². The average molecular weight is 563 g/mol. The summed E-state index contributed by atoms with van der Waals surface area (Å²) in [6.07, 6.45) is 1.61. The van der Waals surface area contributed by atoms with Gasteiger partial charge in [0, 0.05) is 16.7 Å². The number of hydrogen-bond acceptors (Lipinski definition) is 7. The molecule has 1 aliphatic heterocycles. The largest absolute Gasteiger partial charge is 0.478 e. The Hall–Kier alpha value is -4.21. The van der Waals surface area contributed by atoms with Crippen molar-refractivity contribution in [1.29, 1.82) is 0 Å². The summed E-state index contributed by atoms with van der Waals surface area (Å²) in [6.45, 7) is 5.45. The van der Waals surface area contributed by atoms with Gasteiger partial charge in [-0.2, -0.15) is 0 Å². The van der Waals surface area contributed by atoms with Crippen molar-refractivity contribution in [3.05, 3.63) is 113 Å². The number of aryl methyl sites for hydroxylation is 1. The van der Waals surface area contributed by atoms with Crippen LogP contribution in [0.15, 0.2) is 80.1 Å². The Bertz CT molecular complexity index is 1850. The number of aromatic carboxylic acids is 1. The normalized spacial score (nSPS) is 15.2. The van der Waals surface area contributed by atoms with Crippen molar-refractivity contribution >= 4 is 41.0 Å². The van der Waals surface area contributed by atoms with Crippen molar-refractivity contribution in [2.45, 2.75) is 26.8 Å². The van der Waals surface area contributed by atoms with Crippen LogP contribution in [0.1, 0.15) is 47.1 Å². The quantitative estimate of drug-likeness (QED) is 0.340. The van der Waals surface area contributed by atoms with Crippen molar-refractivity contribution in [2.24, 2.45) is 4.99 Å². The molecule has 10 heteroatoms. The predicted octanol–water partition coefficient (Wildman–Crippen LogP) is 4.72. The van der Waals surface area contributed by atoms with E-state index in [1.807, 2.05) is 6.92 Å². The summed E-state index contributed by atoms with van der Waals surface area (Å²) in [5.74, 6) is -0.711. The standard InChI is InChI=1S/C29H23ClN2O6S/c1-4-37-28(36)24-16(3)31-29-32(25(24)19-7-5-6-8-21(19)30)26(33)23(39-29)14-18-11-12-22(38-18)20-13-17(27(34)35)10-9-15(20)2/h5-14,25H,4H2,1-3H3,(H,34,35)/b23-14-. The molecule has 2 aromatic carbocycles. The number of aromatic nitrogens is 1. The molecule has 0 bridgehead atoms. The van der Waals surface area contributed by atoms with Gasteiger partial charge in [-0.05, 0) is 62.2 Å². The SMILES string of the molecule is CCOC(=O)C1=C(C)N=c2s/c(=C\c3ccc(-c4cc(C(=O)O)ccc4C)o3)c(=O)n2C1c1ccccc1Cl. The van der Waals surface area contributed by atoms with Crippen LogP contribution in [0.2, 0.25) is 5.02 Å². The Labute approximate surface area is 231 Å². The molecule has 4 aromatic rings. The second kappa shape index (κ2) is 10.5. The van der Waals surface area contributed by atoms with Crippen LogP contribution in [-0.2, 0) is 9.53 Å². The van der Waals surface area contributed by atoms with Crippen LogP contribution in [0.25, 0.3) is 17.4 Å². The van der Waals surface area contributed by atoms with Gasteiger partial charge in [-0.25, -0.2) is 14.6 Å². The van der Waals surface area contributed by atoms with Gasteiger partial charge in [0.1, 0.15) is 17.6 Å². The molecule has 1 N–H and O–H groups in total. The molecule has 0 saturated carbocycles. The number of carbonyl (C=O) groups is 2. The van der Waals surface area contributed by atoms with E-state index in [1.54, 1.807) is 68.5 Å². The van der Waals surface area contributed by atoms with Crippen LogP contribution in [-0.4, -0.2) is 28.2 Å². The fourth-order valence-corrected chi connectivity index (χ4v) is 5.77. The summed E-state index contributed by atoms with van der Waals surface area (Å²) >= 11 is 7.70. The lowest BCUT2D eigenvalue weighted by Gasteiger charge is -2.25. The Kier molecular flexibility index (Phi) is 7.12. The highest BCUT2D eigenvalue weighted by Crippen LogP contribution is 2.34. The van der Waals surface area contributed by atoms with Crippen LogP contribution in [0.3, 0.4) is 0 Å². The van der Waals surface area contributed by atoms with Crippen LogP contribution in [0, 0.1) is 6.92 Å². The van der Waals surface area contributed by atoms with E-state index < -0.39 is 18.0 Å². The lowest BCUT2D eigenvalue weighted by molar-refractivity contribution is -0.139. The molecule has 198 valence electrons. The van der Waals surface area contributed by atoms with Crippen LogP contribution < -0.4 is 14.9 Å². The van der Waals surface area contributed by atoms with Gasteiger partial charge in [0.25, 0.3) is 5.56 Å². The lowest BCUT2D eigenvalue weighted by atomic mass is 9.96. The minimum Gasteiger partial charge on any atom is -0.478 e. The third-order valence-electron chi connectivity index (χ3n) is 6.37. The third-order valence-corrected chi connectivity index (χ3v) is 7.69. The van der Waals surface area contributed by atoms with Crippen LogP contribution in [0.4, 0.5) is 0 Å². The Morgan fingerprint density at radius 3 is 2.67 bits per heavy atom. The Balaban J connectivity index is 1.64. The van der Waals surface area contributed by atoms with E-state index in [-0.39, 0.29) is 23.3 Å². The minimum atomic E-state index is -1.03. The molecule has 39 heavy (non-hydrogen) atoms. The molecular weight excluding hydrogens is 540 g/mol. The highest BCUT2D eigenvalue weighted by Gasteiger charge is 2.34. The molecule has 3 heterocycles. The Morgan fingerprint density at radius 2 is 1.95 bits per heavy atom. The van der Waals surface area contributed by atoms with Gasteiger partial charge in [0.05, 0.1) is 28.0 Å². The number of nitrogens with zero attached hydrogens (tertiary/aromatic N) is 2. The van der Waals surface area contributed by atoms with E-state index in [0.29, 0.717) is 42.7 Å². The summed E-state index contributed by atoms with van der Waals surface area (Å²) < 4.78 is 13.1.